The predicted molar refractivity (Wildman–Crippen MR) is 57.5 cm³/mol. The van der Waals surface area contributed by atoms with Crippen molar-refractivity contribution < 1.29 is 23.4 Å². The average molecular weight is 244 g/mol. The van der Waals surface area contributed by atoms with Gasteiger partial charge in [0.1, 0.15) is 0 Å². The van der Waals surface area contributed by atoms with Crippen LogP contribution in [-0.2, 0) is 12.3 Å². The van der Waals surface area contributed by atoms with Gasteiger partial charge in [0, 0.05) is 19.1 Å². The lowest BCUT2D eigenvalue weighted by Gasteiger charge is -2.14. The predicted octanol–water partition coefficient (Wildman–Crippen LogP) is 2.45. The molecule has 0 aliphatic carbocycles. The second kappa shape index (κ2) is 4.49. The summed E-state index contributed by atoms with van der Waals surface area (Å²) in [5.74, 6) is -2.03. The zero-order valence-corrected chi connectivity index (χ0v) is 9.50. The SMILES string of the molecule is CC(F)(F)c1cc(CCCO)c2c(c1)OCO2. The first-order valence-corrected chi connectivity index (χ1v) is 5.44. The Kier molecular flexibility index (Phi) is 3.19. The third-order valence-electron chi connectivity index (χ3n) is 2.66. The topological polar surface area (TPSA) is 38.7 Å². The van der Waals surface area contributed by atoms with Crippen LogP contribution in [0.1, 0.15) is 24.5 Å². The summed E-state index contributed by atoms with van der Waals surface area (Å²) in [5, 5.41) is 8.79. The normalized spacial score (nSPS) is 14.1. The minimum absolute atomic E-state index is 0.0162. The van der Waals surface area contributed by atoms with Gasteiger partial charge in [-0.3, -0.25) is 0 Å². The van der Waals surface area contributed by atoms with E-state index < -0.39 is 5.92 Å². The molecule has 0 spiro atoms. The number of halogens is 2. The molecule has 0 saturated heterocycles. The number of alkyl halides is 2. The Hall–Kier alpha value is -1.36. The summed E-state index contributed by atoms with van der Waals surface area (Å²) in [6.07, 6.45) is 1.00. The number of hydrogen-bond donors (Lipinski definition) is 1. The van der Waals surface area contributed by atoms with E-state index in [9.17, 15) is 8.78 Å². The third kappa shape index (κ3) is 2.49. The molecule has 1 N–H and O–H groups in total. The van der Waals surface area contributed by atoms with Crippen LogP contribution in [0.4, 0.5) is 8.78 Å². The Morgan fingerprint density at radius 3 is 2.76 bits per heavy atom. The molecule has 0 unspecified atom stereocenters. The van der Waals surface area contributed by atoms with E-state index in [2.05, 4.69) is 0 Å². The van der Waals surface area contributed by atoms with Crippen LogP contribution in [0, 0.1) is 0 Å². The quantitative estimate of drug-likeness (QED) is 0.884. The molecular formula is C12H14F2O3. The van der Waals surface area contributed by atoms with E-state index in [4.69, 9.17) is 14.6 Å². The molecule has 5 heteroatoms. The van der Waals surface area contributed by atoms with E-state index in [1.54, 1.807) is 0 Å². The van der Waals surface area contributed by atoms with E-state index in [1.165, 1.54) is 12.1 Å². The first-order chi connectivity index (χ1) is 8.02. The fraction of sp³-hybridized carbons (Fsp3) is 0.500. The highest BCUT2D eigenvalue weighted by Gasteiger charge is 2.29. The highest BCUT2D eigenvalue weighted by molar-refractivity contribution is 5.51. The standard InChI is InChI=1S/C12H14F2O3/c1-12(13,14)9-5-8(3-2-4-15)11-10(6-9)16-7-17-11/h5-6,15H,2-4,7H2,1H3. The first-order valence-electron chi connectivity index (χ1n) is 5.44. The fourth-order valence-corrected chi connectivity index (χ4v) is 1.79. The van der Waals surface area contributed by atoms with Crippen molar-refractivity contribution in [2.75, 3.05) is 13.4 Å². The van der Waals surface area contributed by atoms with Crippen LogP contribution in [0.2, 0.25) is 0 Å². The van der Waals surface area contributed by atoms with Gasteiger partial charge in [0.2, 0.25) is 6.79 Å². The molecule has 0 amide bonds. The Bertz CT molecular complexity index is 413. The van der Waals surface area contributed by atoms with Gasteiger partial charge in [-0.15, -0.1) is 0 Å². The molecule has 1 aliphatic heterocycles. The van der Waals surface area contributed by atoms with Crippen LogP contribution in [0.3, 0.4) is 0 Å². The van der Waals surface area contributed by atoms with Crippen molar-refractivity contribution in [1.82, 2.24) is 0 Å². The molecule has 0 atom stereocenters. The molecule has 0 aromatic heterocycles. The molecule has 94 valence electrons. The Labute approximate surface area is 98.0 Å². The van der Waals surface area contributed by atoms with Gasteiger partial charge in [-0.05, 0) is 30.5 Å². The second-order valence-corrected chi connectivity index (χ2v) is 4.08. The van der Waals surface area contributed by atoms with Crippen LogP contribution in [0.25, 0.3) is 0 Å². The van der Waals surface area contributed by atoms with Gasteiger partial charge in [-0.1, -0.05) is 0 Å². The summed E-state index contributed by atoms with van der Waals surface area (Å²) in [6.45, 7) is 0.920. The van der Waals surface area contributed by atoms with Crippen LogP contribution < -0.4 is 9.47 Å². The molecule has 0 fully saturated rings. The highest BCUT2D eigenvalue weighted by atomic mass is 19.3. The minimum atomic E-state index is -2.91. The van der Waals surface area contributed by atoms with Crippen molar-refractivity contribution in [2.45, 2.75) is 25.7 Å². The molecule has 2 rings (SSSR count). The van der Waals surface area contributed by atoms with Crippen molar-refractivity contribution >= 4 is 0 Å². The van der Waals surface area contributed by atoms with Gasteiger partial charge in [0.15, 0.2) is 11.5 Å². The molecule has 17 heavy (non-hydrogen) atoms. The largest absolute Gasteiger partial charge is 0.454 e. The van der Waals surface area contributed by atoms with Gasteiger partial charge in [0.25, 0.3) is 5.92 Å². The summed E-state index contributed by atoms with van der Waals surface area (Å²) < 4.78 is 36.9. The summed E-state index contributed by atoms with van der Waals surface area (Å²) in [5.41, 5.74) is 0.570. The smallest absolute Gasteiger partial charge is 0.270 e. The van der Waals surface area contributed by atoms with Crippen LogP contribution >= 0.6 is 0 Å². The van der Waals surface area contributed by atoms with E-state index >= 15 is 0 Å². The zero-order valence-electron chi connectivity index (χ0n) is 9.50. The van der Waals surface area contributed by atoms with E-state index in [-0.39, 0.29) is 19.0 Å². The van der Waals surface area contributed by atoms with E-state index in [0.717, 1.165) is 6.92 Å². The average Bonchev–Trinajstić information content (AvgIpc) is 2.72. The number of ether oxygens (including phenoxy) is 2. The maximum absolute atomic E-state index is 13.3. The molecule has 1 aromatic rings. The Morgan fingerprint density at radius 2 is 2.12 bits per heavy atom. The first kappa shape index (κ1) is 12.1. The highest BCUT2D eigenvalue weighted by Crippen LogP contribution is 2.41. The van der Waals surface area contributed by atoms with Crippen LogP contribution in [0.5, 0.6) is 11.5 Å². The monoisotopic (exact) mass is 244 g/mol. The zero-order chi connectivity index (χ0) is 12.5. The van der Waals surface area contributed by atoms with Crippen LogP contribution in [-0.4, -0.2) is 18.5 Å². The Balaban J connectivity index is 2.39. The number of aliphatic hydroxyl groups excluding tert-OH is 1. The number of fused-ring (bicyclic) bond motifs is 1. The number of aryl methyl sites for hydroxylation is 1. The minimum Gasteiger partial charge on any atom is -0.454 e. The van der Waals surface area contributed by atoms with Gasteiger partial charge < -0.3 is 14.6 Å². The fourth-order valence-electron chi connectivity index (χ4n) is 1.79. The molecule has 1 heterocycles. The van der Waals surface area contributed by atoms with E-state index in [0.29, 0.717) is 29.9 Å². The summed E-state index contributed by atoms with van der Waals surface area (Å²) in [4.78, 5) is 0. The maximum Gasteiger partial charge on any atom is 0.270 e. The summed E-state index contributed by atoms with van der Waals surface area (Å²) in [6, 6.07) is 2.73. The molecule has 0 bridgehead atoms. The lowest BCUT2D eigenvalue weighted by atomic mass is 10.0. The number of rotatable bonds is 4. The van der Waals surface area contributed by atoms with Gasteiger partial charge in [0.05, 0.1) is 0 Å². The number of hydrogen-bond acceptors (Lipinski definition) is 3. The van der Waals surface area contributed by atoms with Crippen molar-refractivity contribution in [3.8, 4) is 11.5 Å². The third-order valence-corrected chi connectivity index (χ3v) is 2.66. The molecule has 0 radical (unpaired) electrons. The summed E-state index contributed by atoms with van der Waals surface area (Å²) in [7, 11) is 0. The number of aliphatic hydroxyl groups is 1. The van der Waals surface area contributed by atoms with Gasteiger partial charge in [-0.25, -0.2) is 8.78 Å². The van der Waals surface area contributed by atoms with E-state index in [1.807, 2.05) is 0 Å². The maximum atomic E-state index is 13.3. The summed E-state index contributed by atoms with van der Waals surface area (Å²) >= 11 is 0. The number of benzene rings is 1. The molecule has 3 nitrogen and oxygen atoms in total. The molecule has 1 aromatic carbocycles. The molecular weight excluding hydrogens is 230 g/mol. The van der Waals surface area contributed by atoms with Crippen molar-refractivity contribution in [3.63, 3.8) is 0 Å². The van der Waals surface area contributed by atoms with Crippen molar-refractivity contribution in [1.29, 1.82) is 0 Å². The van der Waals surface area contributed by atoms with Crippen LogP contribution in [0.15, 0.2) is 12.1 Å². The lowest BCUT2D eigenvalue weighted by Crippen LogP contribution is -2.08. The van der Waals surface area contributed by atoms with Crippen molar-refractivity contribution in [2.24, 2.45) is 0 Å². The van der Waals surface area contributed by atoms with Gasteiger partial charge in [-0.2, -0.15) is 0 Å². The van der Waals surface area contributed by atoms with Gasteiger partial charge >= 0.3 is 0 Å². The Morgan fingerprint density at radius 1 is 1.35 bits per heavy atom. The lowest BCUT2D eigenvalue weighted by molar-refractivity contribution is 0.0172. The van der Waals surface area contributed by atoms with Crippen molar-refractivity contribution in [3.05, 3.63) is 23.3 Å². The second-order valence-electron chi connectivity index (χ2n) is 4.08. The molecule has 1 aliphatic rings. The molecule has 0 saturated carbocycles.